The lowest BCUT2D eigenvalue weighted by atomic mass is 9.99. The molecule has 6 nitrogen and oxygen atoms in total. The maximum Gasteiger partial charge on any atom is 0.223 e. The van der Waals surface area contributed by atoms with Crippen molar-refractivity contribution in [3.8, 4) is 5.75 Å². The Morgan fingerprint density at radius 3 is 2.73 bits per heavy atom. The number of aromatic nitrogens is 1. The van der Waals surface area contributed by atoms with Gasteiger partial charge in [0, 0.05) is 24.8 Å². The van der Waals surface area contributed by atoms with Crippen molar-refractivity contribution in [2.45, 2.75) is 32.9 Å². The van der Waals surface area contributed by atoms with Crippen LogP contribution in [-0.2, 0) is 17.8 Å². The standard InChI is InChI=1S/C16H26N2O4/c1-13-2-4-17(5-3-13)11-14-10-15(20)16(21)12-18(14)6-8-22-9-7-19/h10,12-13,19,21H,2-9,11H2,1H3. The molecule has 0 spiro atoms. The van der Waals surface area contributed by atoms with E-state index in [9.17, 15) is 9.90 Å². The highest BCUT2D eigenvalue weighted by molar-refractivity contribution is 5.20. The predicted octanol–water partition coefficient (Wildman–Crippen LogP) is 0.795. The van der Waals surface area contributed by atoms with Gasteiger partial charge < -0.3 is 19.5 Å². The molecule has 124 valence electrons. The molecule has 1 aliphatic rings. The van der Waals surface area contributed by atoms with E-state index in [1.54, 1.807) is 0 Å². The van der Waals surface area contributed by atoms with Gasteiger partial charge in [0.1, 0.15) is 0 Å². The molecule has 1 aromatic heterocycles. The van der Waals surface area contributed by atoms with Crippen LogP contribution in [0.5, 0.6) is 5.75 Å². The molecule has 0 unspecified atom stereocenters. The lowest BCUT2D eigenvalue weighted by Gasteiger charge is -2.31. The molecule has 0 radical (unpaired) electrons. The molecule has 2 N–H and O–H groups in total. The summed E-state index contributed by atoms with van der Waals surface area (Å²) >= 11 is 0. The molecule has 2 heterocycles. The van der Waals surface area contributed by atoms with Crippen molar-refractivity contribution in [1.82, 2.24) is 9.47 Å². The van der Waals surface area contributed by atoms with E-state index in [4.69, 9.17) is 9.84 Å². The van der Waals surface area contributed by atoms with E-state index < -0.39 is 0 Å². The summed E-state index contributed by atoms with van der Waals surface area (Å²) in [6.07, 6.45) is 3.84. The average Bonchev–Trinajstić information content (AvgIpc) is 2.50. The number of ether oxygens (including phenoxy) is 1. The first-order valence-corrected chi connectivity index (χ1v) is 7.93. The minimum absolute atomic E-state index is 0.00572. The van der Waals surface area contributed by atoms with Crippen LogP contribution in [0.4, 0.5) is 0 Å². The number of likely N-dealkylation sites (tertiary alicyclic amines) is 1. The minimum Gasteiger partial charge on any atom is -0.503 e. The van der Waals surface area contributed by atoms with Gasteiger partial charge in [-0.25, -0.2) is 0 Å². The Labute approximate surface area is 130 Å². The number of aromatic hydroxyl groups is 1. The fourth-order valence-corrected chi connectivity index (χ4v) is 2.73. The fraction of sp³-hybridized carbons (Fsp3) is 0.688. The Morgan fingerprint density at radius 2 is 2.05 bits per heavy atom. The van der Waals surface area contributed by atoms with Gasteiger partial charge in [-0.3, -0.25) is 9.69 Å². The third-order valence-corrected chi connectivity index (χ3v) is 4.17. The highest BCUT2D eigenvalue weighted by Crippen LogP contribution is 2.18. The first-order valence-electron chi connectivity index (χ1n) is 7.93. The van der Waals surface area contributed by atoms with Crippen molar-refractivity contribution in [2.24, 2.45) is 5.92 Å². The summed E-state index contributed by atoms with van der Waals surface area (Å²) in [6.45, 7) is 6.34. The molecule has 0 bridgehead atoms. The SMILES string of the molecule is CC1CCN(Cc2cc(=O)c(O)cn2CCOCCO)CC1. The van der Waals surface area contributed by atoms with Crippen molar-refractivity contribution in [2.75, 3.05) is 32.9 Å². The van der Waals surface area contributed by atoms with Crippen LogP contribution in [0.3, 0.4) is 0 Å². The van der Waals surface area contributed by atoms with Crippen molar-refractivity contribution in [3.05, 3.63) is 28.2 Å². The highest BCUT2D eigenvalue weighted by Gasteiger charge is 2.17. The topological polar surface area (TPSA) is 74.9 Å². The van der Waals surface area contributed by atoms with Crippen molar-refractivity contribution < 1.29 is 14.9 Å². The lowest BCUT2D eigenvalue weighted by Crippen LogP contribution is -2.34. The zero-order valence-corrected chi connectivity index (χ0v) is 13.2. The summed E-state index contributed by atoms with van der Waals surface area (Å²) in [6, 6.07) is 1.51. The second-order valence-corrected chi connectivity index (χ2v) is 6.00. The molecular formula is C16H26N2O4. The van der Waals surface area contributed by atoms with Crippen LogP contribution in [-0.4, -0.2) is 52.6 Å². The van der Waals surface area contributed by atoms with Crippen LogP contribution in [0, 0.1) is 5.92 Å². The Balaban J connectivity index is 2.04. The predicted molar refractivity (Wildman–Crippen MR) is 83.9 cm³/mol. The molecule has 6 heteroatoms. The fourth-order valence-electron chi connectivity index (χ4n) is 2.73. The van der Waals surface area contributed by atoms with Crippen molar-refractivity contribution >= 4 is 0 Å². The van der Waals surface area contributed by atoms with Crippen LogP contribution >= 0.6 is 0 Å². The van der Waals surface area contributed by atoms with Crippen LogP contribution in [0.25, 0.3) is 0 Å². The second-order valence-electron chi connectivity index (χ2n) is 6.00. The normalized spacial score (nSPS) is 17.0. The van der Waals surface area contributed by atoms with Crippen LogP contribution in [0.15, 0.2) is 17.1 Å². The average molecular weight is 310 g/mol. The van der Waals surface area contributed by atoms with Gasteiger partial charge in [0.15, 0.2) is 5.75 Å². The summed E-state index contributed by atoms with van der Waals surface area (Å²) in [7, 11) is 0. The summed E-state index contributed by atoms with van der Waals surface area (Å²) in [5, 5.41) is 18.4. The molecule has 0 saturated carbocycles. The summed E-state index contributed by atoms with van der Waals surface area (Å²) in [4.78, 5) is 14.1. The summed E-state index contributed by atoms with van der Waals surface area (Å²) < 4.78 is 7.14. The second kappa shape index (κ2) is 8.31. The number of piperidine rings is 1. The monoisotopic (exact) mass is 310 g/mol. The molecule has 0 aromatic carbocycles. The molecule has 22 heavy (non-hydrogen) atoms. The van der Waals surface area contributed by atoms with Gasteiger partial charge in [-0.2, -0.15) is 0 Å². The Morgan fingerprint density at radius 1 is 1.32 bits per heavy atom. The third kappa shape index (κ3) is 4.83. The van der Waals surface area contributed by atoms with E-state index in [-0.39, 0.29) is 17.8 Å². The van der Waals surface area contributed by atoms with Gasteiger partial charge in [0.2, 0.25) is 5.43 Å². The summed E-state index contributed by atoms with van der Waals surface area (Å²) in [5.41, 5.74) is 0.554. The van der Waals surface area contributed by atoms with E-state index in [2.05, 4.69) is 11.8 Å². The number of rotatable bonds is 7. The van der Waals surface area contributed by atoms with Crippen LogP contribution < -0.4 is 5.43 Å². The Kier molecular flexibility index (Phi) is 6.42. The first kappa shape index (κ1) is 17.0. The first-order chi connectivity index (χ1) is 10.6. The molecule has 1 fully saturated rings. The molecule has 2 rings (SSSR count). The number of nitrogens with zero attached hydrogens (tertiary/aromatic N) is 2. The van der Waals surface area contributed by atoms with E-state index in [1.165, 1.54) is 25.1 Å². The van der Waals surface area contributed by atoms with Crippen molar-refractivity contribution in [1.29, 1.82) is 0 Å². The molecule has 1 aliphatic heterocycles. The quantitative estimate of drug-likeness (QED) is 0.729. The molecule has 1 aromatic rings. The van der Waals surface area contributed by atoms with Gasteiger partial charge in [-0.05, 0) is 31.8 Å². The minimum atomic E-state index is -0.340. The zero-order chi connectivity index (χ0) is 15.9. The van der Waals surface area contributed by atoms with Gasteiger partial charge in [-0.15, -0.1) is 0 Å². The Hall–Kier alpha value is -1.37. The third-order valence-electron chi connectivity index (χ3n) is 4.17. The number of hydrogen-bond donors (Lipinski definition) is 2. The molecule has 1 saturated heterocycles. The maximum atomic E-state index is 11.7. The zero-order valence-electron chi connectivity index (χ0n) is 13.2. The van der Waals surface area contributed by atoms with E-state index in [0.717, 1.165) is 24.7 Å². The molecule has 0 amide bonds. The number of hydrogen-bond acceptors (Lipinski definition) is 5. The maximum absolute atomic E-state index is 11.7. The van der Waals surface area contributed by atoms with Gasteiger partial charge >= 0.3 is 0 Å². The largest absolute Gasteiger partial charge is 0.503 e. The smallest absolute Gasteiger partial charge is 0.223 e. The van der Waals surface area contributed by atoms with Crippen LogP contribution in [0.1, 0.15) is 25.5 Å². The van der Waals surface area contributed by atoms with Crippen molar-refractivity contribution in [3.63, 3.8) is 0 Å². The van der Waals surface area contributed by atoms with Crippen LogP contribution in [0.2, 0.25) is 0 Å². The van der Waals surface area contributed by atoms with Gasteiger partial charge in [0.25, 0.3) is 0 Å². The lowest BCUT2D eigenvalue weighted by molar-refractivity contribution is 0.0858. The van der Waals surface area contributed by atoms with Gasteiger partial charge in [0.05, 0.1) is 26.0 Å². The number of aliphatic hydroxyl groups is 1. The van der Waals surface area contributed by atoms with E-state index in [0.29, 0.717) is 26.3 Å². The molecule has 0 aliphatic carbocycles. The highest BCUT2D eigenvalue weighted by atomic mass is 16.5. The van der Waals surface area contributed by atoms with Gasteiger partial charge in [-0.1, -0.05) is 6.92 Å². The number of aliphatic hydroxyl groups excluding tert-OH is 1. The Bertz CT molecular complexity index is 521. The van der Waals surface area contributed by atoms with E-state index in [1.807, 2.05) is 4.57 Å². The van der Waals surface area contributed by atoms with E-state index >= 15 is 0 Å². The summed E-state index contributed by atoms with van der Waals surface area (Å²) in [5.74, 6) is 0.531. The molecular weight excluding hydrogens is 284 g/mol. The number of pyridine rings is 1. The molecule has 0 atom stereocenters.